The SMILES string of the molecule is CC.CCC.CCc1cccc2c1c(O)c(C(=O)N(CCOCCOCc1cccnc1)c1ccccc1)c(=O)n2C.CO.CO.CS(=O)(=O)[O-].[99Tc].[CH-]=O.c1ccc(-c2ccnc3c2ccc2c(-c4ccccc4)ccnc23)cc1. The zero-order chi connectivity index (χ0) is 58.8. The molecule has 0 aliphatic rings. The van der Waals surface area contributed by atoms with Gasteiger partial charge in [0.05, 0.1) is 53.1 Å². The van der Waals surface area contributed by atoms with E-state index in [4.69, 9.17) is 37.5 Å². The number of para-hydroxylation sites is 1. The summed E-state index contributed by atoms with van der Waals surface area (Å²) in [5, 5.41) is 28.0. The number of aliphatic hydroxyl groups is 2. The van der Waals surface area contributed by atoms with Crippen molar-refractivity contribution in [2.24, 2.45) is 7.05 Å². The van der Waals surface area contributed by atoms with Gasteiger partial charge in [-0.1, -0.05) is 150 Å². The number of pyridine rings is 4. The van der Waals surface area contributed by atoms with Crippen LogP contribution >= 0.6 is 0 Å². The van der Waals surface area contributed by atoms with Crippen molar-refractivity contribution in [2.45, 2.75) is 54.1 Å². The van der Waals surface area contributed by atoms with Crippen LogP contribution in [-0.4, -0.2) is 107 Å². The van der Waals surface area contributed by atoms with Crippen molar-refractivity contribution in [1.82, 2.24) is 19.5 Å². The van der Waals surface area contributed by atoms with Crippen LogP contribution in [0.3, 0.4) is 0 Å². The summed E-state index contributed by atoms with van der Waals surface area (Å²) in [6, 6.07) is 47.7. The number of hydrogen-bond donors (Lipinski definition) is 3. The van der Waals surface area contributed by atoms with E-state index < -0.39 is 21.6 Å². The van der Waals surface area contributed by atoms with E-state index in [1.54, 1.807) is 37.6 Å². The second-order valence-corrected chi connectivity index (χ2v) is 17.7. The van der Waals surface area contributed by atoms with Gasteiger partial charge in [0.25, 0.3) is 11.5 Å². The van der Waals surface area contributed by atoms with Gasteiger partial charge in [-0.3, -0.25) is 31.3 Å². The fraction of sp³-hybridized carbons (Fsp3) is 0.258. The Morgan fingerprint density at radius 1 is 0.675 bits per heavy atom. The molecule has 0 saturated heterocycles. The Labute approximate surface area is 483 Å². The van der Waals surface area contributed by atoms with Crippen molar-refractivity contribution in [1.29, 1.82) is 0 Å². The van der Waals surface area contributed by atoms with Crippen LogP contribution < -0.4 is 10.5 Å². The van der Waals surface area contributed by atoms with E-state index in [0.29, 0.717) is 49.1 Å². The Kier molecular flexibility index (Phi) is 34.5. The smallest absolute Gasteiger partial charge is 0.267 e. The average Bonchev–Trinajstić information content (AvgIpc) is 3.69. The molecule has 18 heteroatoms. The largest absolute Gasteiger partial charge is 0.748 e. The summed E-state index contributed by atoms with van der Waals surface area (Å²) in [5.74, 6) is -0.861. The molecule has 0 fully saturated rings. The second-order valence-electron chi connectivity index (χ2n) is 16.3. The molecule has 0 aliphatic carbocycles. The van der Waals surface area contributed by atoms with Gasteiger partial charge in [0.2, 0.25) is 0 Å². The van der Waals surface area contributed by atoms with E-state index >= 15 is 0 Å². The van der Waals surface area contributed by atoms with Crippen LogP contribution in [0.25, 0.3) is 55.0 Å². The quantitative estimate of drug-likeness (QED) is 0.0320. The predicted molar refractivity (Wildman–Crippen MR) is 317 cm³/mol. The summed E-state index contributed by atoms with van der Waals surface area (Å²) < 4.78 is 40.0. The molecule has 5 aromatic carbocycles. The Morgan fingerprint density at radius 3 is 1.61 bits per heavy atom. The van der Waals surface area contributed by atoms with Crippen LogP contribution in [0.1, 0.15) is 62.5 Å². The van der Waals surface area contributed by atoms with Crippen molar-refractivity contribution in [3.8, 4) is 28.0 Å². The zero-order valence-electron chi connectivity index (χ0n) is 46.8. The third-order valence-electron chi connectivity index (χ3n) is 11.0. The van der Waals surface area contributed by atoms with Gasteiger partial charge in [-0.25, -0.2) is 8.42 Å². The van der Waals surface area contributed by atoms with Crippen molar-refractivity contribution >= 4 is 61.2 Å². The first-order chi connectivity index (χ1) is 38.4. The third kappa shape index (κ3) is 21.0. The molecule has 4 aromatic heterocycles. The minimum absolute atomic E-state index is 0. The van der Waals surface area contributed by atoms with E-state index in [-0.39, 0.29) is 44.6 Å². The van der Waals surface area contributed by atoms with Gasteiger partial charge in [0.1, 0.15) is 11.3 Å². The summed E-state index contributed by atoms with van der Waals surface area (Å²) in [5.41, 5.74) is 8.88. The number of nitrogens with zero attached hydrogens (tertiary/aromatic N) is 5. The van der Waals surface area contributed by atoms with E-state index in [1.807, 2.05) is 87.8 Å². The number of aryl methyl sites for hydroxylation is 2. The van der Waals surface area contributed by atoms with Crippen molar-refractivity contribution in [3.63, 3.8) is 0 Å². The predicted octanol–water partition coefficient (Wildman–Crippen LogP) is 10.7. The number of benzene rings is 5. The average molecular weight is 1200 g/mol. The van der Waals surface area contributed by atoms with Crippen molar-refractivity contribution < 1.29 is 67.5 Å². The fourth-order valence-electron chi connectivity index (χ4n) is 7.84. The molecule has 0 bridgehead atoms. The summed E-state index contributed by atoms with van der Waals surface area (Å²) in [4.78, 5) is 49.6. The minimum atomic E-state index is -3.92. The maximum Gasteiger partial charge on any atom is 0.267 e. The number of anilines is 1. The molecule has 0 saturated carbocycles. The molecule has 16 nitrogen and oxygen atoms in total. The number of aromatic hydroxyl groups is 1. The number of ether oxygens (including phenoxy) is 2. The van der Waals surface area contributed by atoms with E-state index in [2.05, 4.69) is 108 Å². The van der Waals surface area contributed by atoms with Crippen molar-refractivity contribution in [3.05, 3.63) is 197 Å². The van der Waals surface area contributed by atoms with E-state index in [0.717, 1.165) is 47.2 Å². The van der Waals surface area contributed by atoms with Gasteiger partial charge in [0.15, 0.2) is 0 Å². The number of hydrogen-bond acceptors (Lipinski definition) is 14. The Morgan fingerprint density at radius 2 is 1.15 bits per heavy atom. The summed E-state index contributed by atoms with van der Waals surface area (Å²) >= 11 is 0. The first kappa shape index (κ1) is 70.6. The number of carbonyl (C=O) groups is 1. The molecular weight excluding hydrogens is 1120 g/mol. The fourth-order valence-corrected chi connectivity index (χ4v) is 7.84. The molecule has 4 heterocycles. The molecule has 3 N–H and O–H groups in total. The monoisotopic (exact) mass is 1190 g/mol. The molecule has 1 amide bonds. The topological polar surface area (TPSA) is 234 Å². The van der Waals surface area contributed by atoms with Crippen LogP contribution in [-0.2, 0) is 64.6 Å². The Hall–Kier alpha value is -7.38. The molecule has 427 valence electrons. The molecule has 9 aromatic rings. The molecular formula is C62H73N5O11STc-2. The molecule has 80 heavy (non-hydrogen) atoms. The van der Waals surface area contributed by atoms with Crippen molar-refractivity contribution in [2.75, 3.05) is 51.7 Å². The first-order valence-electron chi connectivity index (χ1n) is 25.4. The molecule has 0 unspecified atom stereocenters. The molecule has 0 atom stereocenters. The standard InChI is InChI=1S/C29H31N3O5.C24H16N2.C3H8.C2H6.CH4O3S.2CH4O.CHO.Tc/c1-3-22-10-7-13-24-25(22)27(33)26(28(34)31(24)2)29(35)32(23-11-5-4-6-12-23)15-16-36-17-18-37-20-21-9-8-14-30-19-21;1-3-7-17(8-4-1)19-13-15-25-23-21(19)11-12-22-20(14-16-26-24(22)23)18-9-5-2-6-10-18;1-3-2;1-2;1-5(2,3)4;3*1-2;/h4-14,19,33H,3,15-18,20H2,1-2H3;1-16H;3H2,1-2H3;1-2H3;1H3,(H,2,3,4);2*2H,1H3;1H;/q;;;;;;;-1;/p-1/i;;;;;;;;1+1. The number of rotatable bonds is 13. The Bertz CT molecular complexity index is 3250. The normalized spacial score (nSPS) is 9.95. The number of aliphatic hydroxyl groups excluding tert-OH is 2. The zero-order valence-corrected chi connectivity index (χ0v) is 49.5. The molecule has 1 radical (unpaired) electrons. The Balaban J connectivity index is 0.000000647. The maximum atomic E-state index is 13.8. The van der Waals surface area contributed by atoms with E-state index in [1.165, 1.54) is 38.1 Å². The van der Waals surface area contributed by atoms with Crippen LogP contribution in [0.2, 0.25) is 0 Å². The van der Waals surface area contributed by atoms with Crippen LogP contribution in [0.4, 0.5) is 5.69 Å². The summed E-state index contributed by atoms with van der Waals surface area (Å²) in [6.45, 7) is 15.1. The van der Waals surface area contributed by atoms with Crippen LogP contribution in [0.5, 0.6) is 5.75 Å². The number of fused-ring (bicyclic) bond motifs is 4. The van der Waals surface area contributed by atoms with Crippen LogP contribution in [0.15, 0.2) is 175 Å². The van der Waals surface area contributed by atoms with Gasteiger partial charge < -0.3 is 43.6 Å². The first-order valence-corrected chi connectivity index (χ1v) is 27.2. The van der Waals surface area contributed by atoms with Crippen LogP contribution in [0, 0.1) is 0 Å². The maximum absolute atomic E-state index is 13.8. The van der Waals surface area contributed by atoms with Gasteiger partial charge in [-0.15, -0.1) is 0 Å². The van der Waals surface area contributed by atoms with Gasteiger partial charge in [-0.2, -0.15) is 0 Å². The number of aromatic nitrogens is 4. The minimum Gasteiger partial charge on any atom is -0.748 e. The van der Waals surface area contributed by atoms with Gasteiger partial charge >= 0.3 is 0 Å². The van der Waals surface area contributed by atoms with E-state index in [9.17, 15) is 14.7 Å². The molecule has 0 aliphatic heterocycles. The summed E-state index contributed by atoms with van der Waals surface area (Å²) in [7, 11) is -0.304. The van der Waals surface area contributed by atoms with Gasteiger partial charge in [-0.05, 0) is 76.2 Å². The third-order valence-corrected chi connectivity index (χ3v) is 11.0. The molecule has 0 spiro atoms. The number of amides is 1. The molecule has 9 rings (SSSR count). The van der Waals surface area contributed by atoms with Gasteiger partial charge in [0, 0.05) is 101 Å². The number of carbonyl (C=O) groups excluding carboxylic acids is 2. The summed E-state index contributed by atoms with van der Waals surface area (Å²) in [6.07, 6.45) is 9.72. The second kappa shape index (κ2) is 39.1.